The van der Waals surface area contributed by atoms with Gasteiger partial charge in [-0.25, -0.2) is 4.79 Å². The van der Waals surface area contributed by atoms with Crippen LogP contribution in [0.15, 0.2) is 48.5 Å². The molecule has 33 heavy (non-hydrogen) atoms. The zero-order valence-electron chi connectivity index (χ0n) is 18.9. The summed E-state index contributed by atoms with van der Waals surface area (Å²) in [6.45, 7) is 6.49. The van der Waals surface area contributed by atoms with Gasteiger partial charge < -0.3 is 4.74 Å². The molecule has 1 saturated carbocycles. The third kappa shape index (κ3) is 4.67. The lowest BCUT2D eigenvalue weighted by atomic mass is 9.81. The minimum atomic E-state index is -0.531. The number of imide groups is 1. The second-order valence-electron chi connectivity index (χ2n) is 9.43. The molecule has 2 aromatic carbocycles. The fraction of sp³-hybridized carbons (Fsp3) is 0.423. The van der Waals surface area contributed by atoms with E-state index in [0.29, 0.717) is 24.3 Å². The van der Waals surface area contributed by atoms with Crippen LogP contribution >= 0.6 is 31.9 Å². The van der Waals surface area contributed by atoms with Gasteiger partial charge >= 0.3 is 5.97 Å². The van der Waals surface area contributed by atoms with Crippen LogP contribution in [0.2, 0.25) is 0 Å². The SMILES string of the molecule is CCC(C)(C)c1ccc(OC(=O)c2cccc(N3C(=O)C4CC(Br)C(Br)CC4C3=O)c2)cc1. The number of hydrogen-bond acceptors (Lipinski definition) is 4. The molecule has 1 heterocycles. The molecule has 0 radical (unpaired) electrons. The fourth-order valence-electron chi connectivity index (χ4n) is 4.47. The first-order chi connectivity index (χ1) is 15.6. The lowest BCUT2D eigenvalue weighted by Gasteiger charge is -2.29. The average molecular weight is 577 g/mol. The highest BCUT2D eigenvalue weighted by Crippen LogP contribution is 2.44. The Balaban J connectivity index is 1.52. The summed E-state index contributed by atoms with van der Waals surface area (Å²) in [4.78, 5) is 40.5. The van der Waals surface area contributed by atoms with Crippen molar-refractivity contribution in [3.05, 3.63) is 59.7 Å². The summed E-state index contributed by atoms with van der Waals surface area (Å²) in [5.41, 5.74) is 1.92. The van der Waals surface area contributed by atoms with E-state index in [0.717, 1.165) is 6.42 Å². The van der Waals surface area contributed by atoms with Crippen molar-refractivity contribution >= 4 is 55.3 Å². The Morgan fingerprint density at radius 2 is 1.58 bits per heavy atom. The van der Waals surface area contributed by atoms with E-state index >= 15 is 0 Å². The zero-order valence-corrected chi connectivity index (χ0v) is 22.1. The van der Waals surface area contributed by atoms with Gasteiger partial charge in [-0.3, -0.25) is 14.5 Å². The Kier molecular flexibility index (Phi) is 6.83. The third-order valence-corrected chi connectivity index (χ3v) is 9.72. The molecule has 2 amide bonds. The van der Waals surface area contributed by atoms with Crippen molar-refractivity contribution in [1.29, 1.82) is 0 Å². The molecule has 1 aliphatic heterocycles. The highest BCUT2D eigenvalue weighted by molar-refractivity contribution is 9.12. The van der Waals surface area contributed by atoms with E-state index < -0.39 is 5.97 Å². The molecule has 0 N–H and O–H groups in total. The van der Waals surface area contributed by atoms with Crippen LogP contribution in [-0.2, 0) is 15.0 Å². The summed E-state index contributed by atoms with van der Waals surface area (Å²) in [7, 11) is 0. The lowest BCUT2D eigenvalue weighted by Crippen LogP contribution is -2.34. The number of halogens is 2. The zero-order chi connectivity index (χ0) is 23.9. The van der Waals surface area contributed by atoms with Crippen LogP contribution < -0.4 is 9.64 Å². The number of benzene rings is 2. The molecule has 0 spiro atoms. The minimum absolute atomic E-state index is 0.0481. The summed E-state index contributed by atoms with van der Waals surface area (Å²) in [5, 5.41) is 0. The number of anilines is 1. The predicted molar refractivity (Wildman–Crippen MR) is 135 cm³/mol. The van der Waals surface area contributed by atoms with Crippen LogP contribution in [0.25, 0.3) is 0 Å². The van der Waals surface area contributed by atoms with Gasteiger partial charge in [0, 0.05) is 9.65 Å². The number of amides is 2. The van der Waals surface area contributed by atoms with Crippen LogP contribution in [-0.4, -0.2) is 27.4 Å². The quantitative estimate of drug-likeness (QED) is 0.189. The van der Waals surface area contributed by atoms with E-state index in [4.69, 9.17) is 4.74 Å². The Labute approximate surface area is 211 Å². The second-order valence-corrected chi connectivity index (χ2v) is 11.8. The normalized spacial score (nSPS) is 25.2. The van der Waals surface area contributed by atoms with Gasteiger partial charge in [0.05, 0.1) is 23.1 Å². The molecule has 1 saturated heterocycles. The van der Waals surface area contributed by atoms with Gasteiger partial charge in [0.1, 0.15) is 5.75 Å². The molecule has 2 aromatic rings. The van der Waals surface area contributed by atoms with Gasteiger partial charge in [0.15, 0.2) is 0 Å². The molecule has 4 atom stereocenters. The Morgan fingerprint density at radius 1 is 1.00 bits per heavy atom. The van der Waals surface area contributed by atoms with Gasteiger partial charge in [-0.2, -0.15) is 0 Å². The monoisotopic (exact) mass is 575 g/mol. The van der Waals surface area contributed by atoms with Crippen molar-refractivity contribution in [2.45, 2.75) is 55.1 Å². The maximum Gasteiger partial charge on any atom is 0.343 e. The van der Waals surface area contributed by atoms with Crippen molar-refractivity contribution in [2.75, 3.05) is 4.90 Å². The highest BCUT2D eigenvalue weighted by Gasteiger charge is 2.52. The molecule has 0 bridgehead atoms. The van der Waals surface area contributed by atoms with Gasteiger partial charge in [0.2, 0.25) is 11.8 Å². The number of carbonyl (C=O) groups excluding carboxylic acids is 3. The van der Waals surface area contributed by atoms with Crippen LogP contribution in [0, 0.1) is 11.8 Å². The first-order valence-corrected chi connectivity index (χ1v) is 13.0. The van der Waals surface area contributed by atoms with E-state index in [9.17, 15) is 14.4 Å². The van der Waals surface area contributed by atoms with Crippen molar-refractivity contribution < 1.29 is 19.1 Å². The van der Waals surface area contributed by atoms with Crippen molar-refractivity contribution in [3.8, 4) is 5.75 Å². The smallest absolute Gasteiger partial charge is 0.343 e. The second kappa shape index (κ2) is 9.34. The van der Waals surface area contributed by atoms with E-state index in [1.165, 1.54) is 10.5 Å². The van der Waals surface area contributed by atoms with Crippen LogP contribution in [0.4, 0.5) is 5.69 Å². The number of carbonyl (C=O) groups is 3. The van der Waals surface area contributed by atoms with Crippen molar-refractivity contribution in [1.82, 2.24) is 0 Å². The molecule has 2 fully saturated rings. The van der Waals surface area contributed by atoms with Gasteiger partial charge in [-0.05, 0) is 60.6 Å². The lowest BCUT2D eigenvalue weighted by molar-refractivity contribution is -0.122. The molecular weight excluding hydrogens is 550 g/mol. The number of hydrogen-bond donors (Lipinski definition) is 0. The maximum absolute atomic E-state index is 13.1. The third-order valence-electron chi connectivity index (χ3n) is 6.98. The number of ether oxygens (including phenoxy) is 1. The van der Waals surface area contributed by atoms with Crippen LogP contribution in [0.1, 0.15) is 56.0 Å². The number of alkyl halides is 2. The number of esters is 1. The number of fused-ring (bicyclic) bond motifs is 1. The summed E-state index contributed by atoms with van der Waals surface area (Å²) < 4.78 is 5.56. The number of nitrogens with zero attached hydrogens (tertiary/aromatic N) is 1. The standard InChI is InChI=1S/C26H27Br2NO4/c1-4-26(2,3)16-8-10-18(11-9-16)33-25(32)15-6-5-7-17(12-15)29-23(30)19-13-21(27)22(28)14-20(19)24(29)31/h5-12,19-22H,4,13-14H2,1-3H3. The topological polar surface area (TPSA) is 63.7 Å². The average Bonchev–Trinajstić information content (AvgIpc) is 3.03. The van der Waals surface area contributed by atoms with E-state index in [1.807, 2.05) is 12.1 Å². The van der Waals surface area contributed by atoms with Crippen molar-refractivity contribution in [3.63, 3.8) is 0 Å². The van der Waals surface area contributed by atoms with E-state index in [1.54, 1.807) is 36.4 Å². The predicted octanol–water partition coefficient (Wildman–Crippen LogP) is 6.02. The molecule has 4 unspecified atom stereocenters. The molecule has 5 nitrogen and oxygen atoms in total. The summed E-state index contributed by atoms with van der Waals surface area (Å²) in [6, 6.07) is 14.1. The van der Waals surface area contributed by atoms with Gasteiger partial charge in [-0.1, -0.05) is 70.8 Å². The largest absolute Gasteiger partial charge is 0.423 e. The maximum atomic E-state index is 13.1. The Hall–Kier alpha value is -1.99. The Bertz CT molecular complexity index is 1050. The molecule has 0 aromatic heterocycles. The van der Waals surface area contributed by atoms with Gasteiger partial charge in [0.25, 0.3) is 0 Å². The molecule has 174 valence electrons. The molecule has 7 heteroatoms. The molecule has 4 rings (SSSR count). The number of rotatable bonds is 5. The first kappa shape index (κ1) is 24.1. The summed E-state index contributed by atoms with van der Waals surface area (Å²) in [5.74, 6) is -1.15. The highest BCUT2D eigenvalue weighted by atomic mass is 79.9. The van der Waals surface area contributed by atoms with E-state index in [-0.39, 0.29) is 44.3 Å². The van der Waals surface area contributed by atoms with Crippen LogP contribution in [0.5, 0.6) is 5.75 Å². The van der Waals surface area contributed by atoms with Crippen molar-refractivity contribution in [2.24, 2.45) is 11.8 Å². The fourth-order valence-corrected chi connectivity index (χ4v) is 5.70. The minimum Gasteiger partial charge on any atom is -0.423 e. The molecule has 2 aliphatic rings. The molecular formula is C26H27Br2NO4. The van der Waals surface area contributed by atoms with Crippen LogP contribution in [0.3, 0.4) is 0 Å². The van der Waals surface area contributed by atoms with Gasteiger partial charge in [-0.15, -0.1) is 0 Å². The Morgan fingerprint density at radius 3 is 2.12 bits per heavy atom. The summed E-state index contributed by atoms with van der Waals surface area (Å²) >= 11 is 7.21. The first-order valence-electron chi connectivity index (χ1n) is 11.2. The summed E-state index contributed by atoms with van der Waals surface area (Å²) in [6.07, 6.45) is 2.21. The van der Waals surface area contributed by atoms with E-state index in [2.05, 4.69) is 52.6 Å². The molecule has 1 aliphatic carbocycles.